The Balaban J connectivity index is 1.60. The van der Waals surface area contributed by atoms with E-state index in [1.54, 1.807) is 35.2 Å². The van der Waals surface area contributed by atoms with E-state index in [4.69, 9.17) is 11.6 Å². The molecule has 31 heavy (non-hydrogen) atoms. The number of aromatic nitrogens is 1. The van der Waals surface area contributed by atoms with Gasteiger partial charge in [-0.1, -0.05) is 60.1 Å². The van der Waals surface area contributed by atoms with Gasteiger partial charge in [0, 0.05) is 35.6 Å². The van der Waals surface area contributed by atoms with Crippen LogP contribution in [0, 0.1) is 5.82 Å². The lowest BCUT2D eigenvalue weighted by atomic mass is 10.1. The van der Waals surface area contributed by atoms with Gasteiger partial charge in [0.15, 0.2) is 0 Å². The molecule has 156 valence electrons. The summed E-state index contributed by atoms with van der Waals surface area (Å²) in [6.07, 6.45) is 1.95. The lowest BCUT2D eigenvalue weighted by Gasteiger charge is -2.24. The number of rotatable bonds is 7. The molecule has 0 saturated heterocycles. The van der Waals surface area contributed by atoms with Gasteiger partial charge < -0.3 is 9.47 Å². The molecule has 0 bridgehead atoms. The average molecular weight is 433 g/mol. The zero-order valence-electron chi connectivity index (χ0n) is 16.9. The highest BCUT2D eigenvalue weighted by Gasteiger charge is 2.18. The number of nitrogens with zero attached hydrogens (tertiary/aromatic N) is 2. The summed E-state index contributed by atoms with van der Waals surface area (Å²) in [5.74, 6) is -0.349. The second-order valence-corrected chi connectivity index (χ2v) is 7.85. The Bertz CT molecular complexity index is 1170. The van der Waals surface area contributed by atoms with Gasteiger partial charge in [-0.15, -0.1) is 0 Å². The number of benzene rings is 3. The molecular formula is C26H22ClFN2O. The smallest absolute Gasteiger partial charge is 0.254 e. The molecule has 0 aliphatic rings. The minimum absolute atomic E-state index is 0.0927. The van der Waals surface area contributed by atoms with Crippen molar-refractivity contribution in [3.8, 4) is 0 Å². The molecular weight excluding hydrogens is 411 g/mol. The summed E-state index contributed by atoms with van der Waals surface area (Å²) in [6.45, 7) is 1.42. The molecule has 1 heterocycles. The zero-order valence-corrected chi connectivity index (χ0v) is 17.7. The number of carbonyl (C=O) groups is 1. The quantitative estimate of drug-likeness (QED) is 0.342. The molecule has 5 heteroatoms. The van der Waals surface area contributed by atoms with E-state index in [0.29, 0.717) is 30.2 Å². The van der Waals surface area contributed by atoms with Gasteiger partial charge in [-0.2, -0.15) is 0 Å². The summed E-state index contributed by atoms with van der Waals surface area (Å²) in [4.78, 5) is 15.2. The first kappa shape index (κ1) is 20.9. The Morgan fingerprint density at radius 1 is 0.839 bits per heavy atom. The summed E-state index contributed by atoms with van der Waals surface area (Å²) in [5, 5.41) is 0.528. The Kier molecular flexibility index (Phi) is 6.48. The Hall–Kier alpha value is -3.37. The lowest BCUT2D eigenvalue weighted by Crippen LogP contribution is -2.31. The summed E-state index contributed by atoms with van der Waals surface area (Å²) < 4.78 is 15.6. The largest absolute Gasteiger partial charge is 0.345 e. The van der Waals surface area contributed by atoms with Gasteiger partial charge in [0.1, 0.15) is 5.82 Å². The van der Waals surface area contributed by atoms with Crippen molar-refractivity contribution in [2.75, 3.05) is 0 Å². The predicted octanol–water partition coefficient (Wildman–Crippen LogP) is 6.17. The van der Waals surface area contributed by atoms with Crippen molar-refractivity contribution in [3.05, 3.63) is 130 Å². The van der Waals surface area contributed by atoms with Gasteiger partial charge in [-0.3, -0.25) is 4.79 Å². The third-order valence-electron chi connectivity index (χ3n) is 5.09. The molecule has 3 nitrogen and oxygen atoms in total. The standard InChI is InChI=1S/C26H22ClFN2O/c27-23-11-5-10-22(16-23)26(31)30(17-20-7-2-1-3-8-20)19-25-13-6-14-29(25)18-21-9-4-12-24(28)15-21/h1-16H,17-19H2. The van der Waals surface area contributed by atoms with Crippen molar-refractivity contribution < 1.29 is 9.18 Å². The van der Waals surface area contributed by atoms with E-state index in [2.05, 4.69) is 0 Å². The highest BCUT2D eigenvalue weighted by molar-refractivity contribution is 6.30. The molecule has 0 aliphatic carbocycles. The minimum Gasteiger partial charge on any atom is -0.345 e. The van der Waals surface area contributed by atoms with Crippen LogP contribution in [0.3, 0.4) is 0 Å². The summed E-state index contributed by atoms with van der Waals surface area (Å²) in [5.41, 5.74) is 3.43. The van der Waals surface area contributed by atoms with Crippen LogP contribution in [0.4, 0.5) is 4.39 Å². The summed E-state index contributed by atoms with van der Waals surface area (Å²) >= 11 is 6.12. The van der Waals surface area contributed by atoms with Gasteiger partial charge in [-0.05, 0) is 53.6 Å². The normalized spacial score (nSPS) is 10.8. The summed E-state index contributed by atoms with van der Waals surface area (Å²) in [6, 6.07) is 27.4. The fourth-order valence-electron chi connectivity index (χ4n) is 3.58. The number of amides is 1. The van der Waals surface area contributed by atoms with Gasteiger partial charge in [0.05, 0.1) is 6.54 Å². The molecule has 0 spiro atoms. The van der Waals surface area contributed by atoms with Crippen molar-refractivity contribution in [1.29, 1.82) is 0 Å². The number of carbonyl (C=O) groups excluding carboxylic acids is 1. The van der Waals surface area contributed by atoms with E-state index < -0.39 is 0 Å². The average Bonchev–Trinajstić information content (AvgIpc) is 3.20. The maximum Gasteiger partial charge on any atom is 0.254 e. The molecule has 4 rings (SSSR count). The van der Waals surface area contributed by atoms with Crippen LogP contribution in [-0.2, 0) is 19.6 Å². The zero-order chi connectivity index (χ0) is 21.6. The first-order chi connectivity index (χ1) is 15.1. The predicted molar refractivity (Wildman–Crippen MR) is 121 cm³/mol. The van der Waals surface area contributed by atoms with Crippen LogP contribution in [0.15, 0.2) is 97.2 Å². The van der Waals surface area contributed by atoms with E-state index in [1.807, 2.05) is 59.3 Å². The molecule has 1 aromatic heterocycles. The topological polar surface area (TPSA) is 25.2 Å². The van der Waals surface area contributed by atoms with E-state index in [9.17, 15) is 9.18 Å². The minimum atomic E-state index is -0.256. The van der Waals surface area contributed by atoms with Crippen molar-refractivity contribution >= 4 is 17.5 Å². The van der Waals surface area contributed by atoms with Crippen LogP contribution < -0.4 is 0 Å². The molecule has 3 aromatic carbocycles. The molecule has 0 fully saturated rings. The highest BCUT2D eigenvalue weighted by atomic mass is 35.5. The van der Waals surface area contributed by atoms with E-state index >= 15 is 0 Å². The molecule has 0 aliphatic heterocycles. The van der Waals surface area contributed by atoms with E-state index in [0.717, 1.165) is 16.8 Å². The third kappa shape index (κ3) is 5.41. The maximum absolute atomic E-state index is 13.6. The molecule has 4 aromatic rings. The number of halogens is 2. The number of hydrogen-bond acceptors (Lipinski definition) is 1. The van der Waals surface area contributed by atoms with Crippen LogP contribution in [-0.4, -0.2) is 15.4 Å². The van der Waals surface area contributed by atoms with Crippen molar-refractivity contribution in [2.24, 2.45) is 0 Å². The lowest BCUT2D eigenvalue weighted by molar-refractivity contribution is 0.0726. The van der Waals surface area contributed by atoms with E-state index in [1.165, 1.54) is 12.1 Å². The Morgan fingerprint density at radius 3 is 2.39 bits per heavy atom. The first-order valence-corrected chi connectivity index (χ1v) is 10.4. The van der Waals surface area contributed by atoms with Crippen LogP contribution in [0.5, 0.6) is 0 Å². The second kappa shape index (κ2) is 9.63. The molecule has 0 N–H and O–H groups in total. The Labute approximate surface area is 186 Å². The maximum atomic E-state index is 13.6. The van der Waals surface area contributed by atoms with Crippen LogP contribution in [0.25, 0.3) is 0 Å². The summed E-state index contributed by atoms with van der Waals surface area (Å²) in [7, 11) is 0. The van der Waals surface area contributed by atoms with Gasteiger partial charge >= 0.3 is 0 Å². The molecule has 0 unspecified atom stereocenters. The molecule has 0 radical (unpaired) electrons. The van der Waals surface area contributed by atoms with Crippen molar-refractivity contribution in [3.63, 3.8) is 0 Å². The van der Waals surface area contributed by atoms with Crippen LogP contribution in [0.2, 0.25) is 5.02 Å². The van der Waals surface area contributed by atoms with Crippen LogP contribution in [0.1, 0.15) is 27.2 Å². The van der Waals surface area contributed by atoms with Gasteiger partial charge in [0.25, 0.3) is 5.91 Å². The fraction of sp³-hybridized carbons (Fsp3) is 0.115. The van der Waals surface area contributed by atoms with E-state index in [-0.39, 0.29) is 11.7 Å². The second-order valence-electron chi connectivity index (χ2n) is 7.41. The monoisotopic (exact) mass is 432 g/mol. The van der Waals surface area contributed by atoms with Crippen molar-refractivity contribution in [1.82, 2.24) is 9.47 Å². The first-order valence-electron chi connectivity index (χ1n) is 10.1. The number of hydrogen-bond donors (Lipinski definition) is 0. The third-order valence-corrected chi connectivity index (χ3v) is 5.33. The fourth-order valence-corrected chi connectivity index (χ4v) is 3.77. The Morgan fingerprint density at radius 2 is 1.61 bits per heavy atom. The van der Waals surface area contributed by atoms with Gasteiger partial charge in [-0.25, -0.2) is 4.39 Å². The van der Waals surface area contributed by atoms with Crippen LogP contribution >= 0.6 is 11.6 Å². The highest BCUT2D eigenvalue weighted by Crippen LogP contribution is 2.18. The SMILES string of the molecule is O=C(c1cccc(Cl)c1)N(Cc1ccccc1)Cc1cccn1Cc1cccc(F)c1. The van der Waals surface area contributed by atoms with Gasteiger partial charge in [0.2, 0.25) is 0 Å². The molecule has 1 amide bonds. The molecule has 0 atom stereocenters. The van der Waals surface area contributed by atoms with Crippen molar-refractivity contribution in [2.45, 2.75) is 19.6 Å². The molecule has 0 saturated carbocycles.